The molecule has 5 heteroatoms. The Kier molecular flexibility index (Phi) is 7.09. The summed E-state index contributed by atoms with van der Waals surface area (Å²) < 4.78 is 0. The molecule has 0 amide bonds. The molecule has 1 aliphatic rings. The van der Waals surface area contributed by atoms with E-state index < -0.39 is 0 Å². The van der Waals surface area contributed by atoms with Gasteiger partial charge in [-0.05, 0) is 54.5 Å². The van der Waals surface area contributed by atoms with Crippen molar-refractivity contribution in [3.8, 4) is 0 Å². The molecule has 1 aromatic heterocycles. The highest BCUT2D eigenvalue weighted by atomic mass is 32.1. The second kappa shape index (κ2) is 9.74. The Morgan fingerprint density at radius 2 is 1.69 bits per heavy atom. The van der Waals surface area contributed by atoms with Crippen molar-refractivity contribution in [3.63, 3.8) is 0 Å². The topological polar surface area (TPSA) is 67.6 Å². The minimum atomic E-state index is 0.220. The van der Waals surface area contributed by atoms with Gasteiger partial charge in [-0.1, -0.05) is 36.4 Å². The Bertz CT molecular complexity index is 657. The first-order valence-electron chi connectivity index (χ1n) is 9.53. The Hall–Kier alpha value is -1.85. The van der Waals surface area contributed by atoms with Gasteiger partial charge in [0.1, 0.15) is 0 Å². The van der Waals surface area contributed by atoms with E-state index in [4.69, 9.17) is 11.5 Å². The van der Waals surface area contributed by atoms with Crippen LogP contribution in [0.5, 0.6) is 0 Å². The predicted octanol–water partition coefficient (Wildman–Crippen LogP) is 3.83. The van der Waals surface area contributed by atoms with E-state index in [-0.39, 0.29) is 5.96 Å². The van der Waals surface area contributed by atoms with Crippen molar-refractivity contribution in [1.29, 1.82) is 0 Å². The quantitative estimate of drug-likeness (QED) is 0.548. The van der Waals surface area contributed by atoms with E-state index >= 15 is 0 Å². The number of hydrogen-bond acceptors (Lipinski definition) is 3. The van der Waals surface area contributed by atoms with Crippen LogP contribution in [0.15, 0.2) is 52.8 Å². The number of guanidine groups is 1. The summed E-state index contributed by atoms with van der Waals surface area (Å²) in [5.74, 6) is 1.64. The van der Waals surface area contributed by atoms with Crippen molar-refractivity contribution >= 4 is 17.3 Å². The van der Waals surface area contributed by atoms with Gasteiger partial charge in [0.2, 0.25) is 0 Å². The van der Waals surface area contributed by atoms with Crippen LogP contribution >= 0.6 is 11.3 Å². The summed E-state index contributed by atoms with van der Waals surface area (Å²) >= 11 is 1.85. The molecule has 4 N–H and O–H groups in total. The van der Waals surface area contributed by atoms with Gasteiger partial charge < -0.3 is 11.5 Å². The summed E-state index contributed by atoms with van der Waals surface area (Å²) in [5, 5.41) is 2.17. The summed E-state index contributed by atoms with van der Waals surface area (Å²) in [6.45, 7) is 4.02. The van der Waals surface area contributed by atoms with Crippen LogP contribution < -0.4 is 11.5 Å². The minimum Gasteiger partial charge on any atom is -0.370 e. The zero-order valence-corrected chi connectivity index (χ0v) is 16.2. The maximum Gasteiger partial charge on any atom is 0.185 e. The molecule has 0 radical (unpaired) electrons. The highest BCUT2D eigenvalue weighted by molar-refractivity contribution is 7.09. The summed E-state index contributed by atoms with van der Waals surface area (Å²) in [6.07, 6.45) is 5.03. The van der Waals surface area contributed by atoms with E-state index in [9.17, 15) is 0 Å². The number of nitrogens with two attached hydrogens (primary N) is 2. The fourth-order valence-corrected chi connectivity index (χ4v) is 4.59. The van der Waals surface area contributed by atoms with E-state index in [0.29, 0.717) is 5.92 Å². The Morgan fingerprint density at radius 3 is 2.35 bits per heavy atom. The molecule has 4 nitrogen and oxygen atoms in total. The van der Waals surface area contributed by atoms with Crippen molar-refractivity contribution in [2.45, 2.75) is 38.8 Å². The standard InChI is InChI=1S/C21H30N4S/c22-21(23)24-13-17-8-10-19(11-9-17)15-25(16-20-7-4-12-26-20)14-18-5-2-1-3-6-18/h1-7,12,17,19H,8-11,13-16H2,(H4,22,23,24). The first-order chi connectivity index (χ1) is 12.7. The van der Waals surface area contributed by atoms with Crippen LogP contribution in [0.1, 0.15) is 36.1 Å². The van der Waals surface area contributed by atoms with E-state index in [1.165, 1.54) is 42.7 Å². The van der Waals surface area contributed by atoms with Gasteiger partial charge in [-0.15, -0.1) is 11.3 Å². The molecule has 1 aliphatic carbocycles. The van der Waals surface area contributed by atoms with Crippen molar-refractivity contribution in [3.05, 3.63) is 58.3 Å². The van der Waals surface area contributed by atoms with Gasteiger partial charge in [-0.3, -0.25) is 9.89 Å². The van der Waals surface area contributed by atoms with E-state index in [1.807, 2.05) is 11.3 Å². The summed E-state index contributed by atoms with van der Waals surface area (Å²) in [7, 11) is 0. The van der Waals surface area contributed by atoms with Crippen molar-refractivity contribution in [2.75, 3.05) is 13.1 Å². The average molecular weight is 371 g/mol. The third kappa shape index (κ3) is 6.15. The molecule has 2 aromatic rings. The Labute approximate surface area is 160 Å². The SMILES string of the molecule is NC(N)=NCC1CCC(CN(Cc2ccccc2)Cc2cccs2)CC1. The normalized spacial score (nSPS) is 20.2. The van der Waals surface area contributed by atoms with Crippen LogP contribution in [-0.2, 0) is 13.1 Å². The molecule has 0 bridgehead atoms. The van der Waals surface area contributed by atoms with Gasteiger partial charge in [0.25, 0.3) is 0 Å². The van der Waals surface area contributed by atoms with Gasteiger partial charge in [0.15, 0.2) is 5.96 Å². The second-order valence-electron chi connectivity index (χ2n) is 7.39. The van der Waals surface area contributed by atoms with Gasteiger partial charge >= 0.3 is 0 Å². The van der Waals surface area contributed by atoms with Crippen molar-refractivity contribution in [1.82, 2.24) is 4.90 Å². The van der Waals surface area contributed by atoms with Crippen LogP contribution in [0.3, 0.4) is 0 Å². The van der Waals surface area contributed by atoms with Gasteiger partial charge in [-0.2, -0.15) is 0 Å². The first kappa shape index (κ1) is 18.9. The van der Waals surface area contributed by atoms with E-state index in [2.05, 4.69) is 57.7 Å². The molecule has 26 heavy (non-hydrogen) atoms. The molecule has 1 fully saturated rings. The third-order valence-corrected chi connectivity index (χ3v) is 6.08. The number of thiophene rings is 1. The predicted molar refractivity (Wildman–Crippen MR) is 111 cm³/mol. The molecule has 1 heterocycles. The zero-order valence-electron chi connectivity index (χ0n) is 15.4. The van der Waals surface area contributed by atoms with E-state index in [0.717, 1.165) is 25.6 Å². The molecule has 0 aliphatic heterocycles. The number of aliphatic imine (C=N–C) groups is 1. The Morgan fingerprint density at radius 1 is 0.962 bits per heavy atom. The first-order valence-corrected chi connectivity index (χ1v) is 10.4. The molecular weight excluding hydrogens is 340 g/mol. The fourth-order valence-electron chi connectivity index (χ4n) is 3.85. The maximum absolute atomic E-state index is 5.46. The number of hydrogen-bond donors (Lipinski definition) is 2. The Balaban J connectivity index is 1.55. The summed E-state index contributed by atoms with van der Waals surface area (Å²) in [6, 6.07) is 15.2. The second-order valence-corrected chi connectivity index (χ2v) is 8.42. The molecule has 0 saturated heterocycles. The fraction of sp³-hybridized carbons (Fsp3) is 0.476. The van der Waals surface area contributed by atoms with Crippen molar-refractivity contribution in [2.24, 2.45) is 28.3 Å². The maximum atomic E-state index is 5.46. The average Bonchev–Trinajstić information content (AvgIpc) is 3.15. The van der Waals surface area contributed by atoms with Crippen molar-refractivity contribution < 1.29 is 0 Å². The van der Waals surface area contributed by atoms with Crippen LogP contribution in [0, 0.1) is 11.8 Å². The molecule has 0 unspecified atom stereocenters. The lowest BCUT2D eigenvalue weighted by Crippen LogP contribution is -2.31. The van der Waals surface area contributed by atoms with Crippen LogP contribution in [-0.4, -0.2) is 23.9 Å². The third-order valence-electron chi connectivity index (χ3n) is 5.22. The smallest absolute Gasteiger partial charge is 0.185 e. The minimum absolute atomic E-state index is 0.220. The highest BCUT2D eigenvalue weighted by Gasteiger charge is 2.23. The molecule has 1 saturated carbocycles. The zero-order chi connectivity index (χ0) is 18.2. The van der Waals surface area contributed by atoms with Crippen LogP contribution in [0.2, 0.25) is 0 Å². The molecule has 140 valence electrons. The van der Waals surface area contributed by atoms with Gasteiger partial charge in [0.05, 0.1) is 0 Å². The largest absolute Gasteiger partial charge is 0.370 e. The number of benzene rings is 1. The van der Waals surface area contributed by atoms with E-state index in [1.54, 1.807) is 0 Å². The summed E-state index contributed by atoms with van der Waals surface area (Å²) in [4.78, 5) is 8.26. The molecular formula is C21H30N4S. The monoisotopic (exact) mass is 370 g/mol. The summed E-state index contributed by atoms with van der Waals surface area (Å²) in [5.41, 5.74) is 12.3. The van der Waals surface area contributed by atoms with Gasteiger partial charge in [-0.25, -0.2) is 0 Å². The van der Waals surface area contributed by atoms with Crippen LogP contribution in [0.25, 0.3) is 0 Å². The number of nitrogens with zero attached hydrogens (tertiary/aromatic N) is 2. The van der Waals surface area contributed by atoms with Gasteiger partial charge in [0, 0.05) is 31.1 Å². The lowest BCUT2D eigenvalue weighted by molar-refractivity contribution is 0.171. The lowest BCUT2D eigenvalue weighted by atomic mass is 9.81. The lowest BCUT2D eigenvalue weighted by Gasteiger charge is -2.32. The number of rotatable bonds is 8. The molecule has 0 spiro atoms. The highest BCUT2D eigenvalue weighted by Crippen LogP contribution is 2.30. The molecule has 0 atom stereocenters. The molecule has 1 aromatic carbocycles. The van der Waals surface area contributed by atoms with Crippen LogP contribution in [0.4, 0.5) is 0 Å². The molecule has 3 rings (SSSR count).